The fraction of sp³-hybridized carbons (Fsp3) is 1.00. The van der Waals surface area contributed by atoms with Gasteiger partial charge in [0.2, 0.25) is 0 Å². The van der Waals surface area contributed by atoms with Crippen LogP contribution in [-0.4, -0.2) is 62.6 Å². The van der Waals surface area contributed by atoms with Gasteiger partial charge in [-0.25, -0.2) is 0 Å². The van der Waals surface area contributed by atoms with Crippen LogP contribution in [-0.2, 0) is 13.8 Å². The summed E-state index contributed by atoms with van der Waals surface area (Å²) in [7, 11) is -4.98. The maximum absolute atomic E-state index is 10.3. The van der Waals surface area contributed by atoms with Gasteiger partial charge in [0.15, 0.2) is 6.29 Å². The summed E-state index contributed by atoms with van der Waals surface area (Å²) in [4.78, 5) is 18.5. The smallest absolute Gasteiger partial charge is 0.756 e. The summed E-state index contributed by atoms with van der Waals surface area (Å²) >= 11 is 0. The Bertz CT molecular complexity index is 283. The molecule has 1 heterocycles. The first kappa shape index (κ1) is 17.9. The predicted octanol–water partition coefficient (Wildman–Crippen LogP) is -6.73. The number of aliphatic hydroxyl groups is 4. The SMILES string of the molecule is O=P([O-])(O)OCC1O[C@@H](O)[C@@H](O)[C@H](O)[C@H]1O.[Na+]. The Morgan fingerprint density at radius 1 is 1.18 bits per heavy atom. The summed E-state index contributed by atoms with van der Waals surface area (Å²) in [5, 5.41) is 36.7. The third-order valence-electron chi connectivity index (χ3n) is 2.09. The van der Waals surface area contributed by atoms with Crippen molar-refractivity contribution in [3.63, 3.8) is 0 Å². The Labute approximate surface area is 119 Å². The van der Waals surface area contributed by atoms with Crippen LogP contribution < -0.4 is 34.5 Å². The van der Waals surface area contributed by atoms with Gasteiger partial charge in [0, 0.05) is 0 Å². The summed E-state index contributed by atoms with van der Waals surface area (Å²) in [6.07, 6.45) is -8.23. The zero-order valence-corrected chi connectivity index (χ0v) is 11.8. The molecule has 1 rings (SSSR count). The van der Waals surface area contributed by atoms with Crippen molar-refractivity contribution in [2.75, 3.05) is 6.61 Å². The number of phosphoric ester groups is 1. The molecule has 9 nitrogen and oxygen atoms in total. The number of hydrogen-bond donors (Lipinski definition) is 5. The second kappa shape index (κ2) is 6.90. The molecule has 0 aromatic carbocycles. The van der Waals surface area contributed by atoms with Crippen LogP contribution >= 0.6 is 7.82 Å². The molecule has 2 unspecified atom stereocenters. The molecule has 0 amide bonds. The van der Waals surface area contributed by atoms with E-state index in [1.807, 2.05) is 0 Å². The second-order valence-electron chi connectivity index (χ2n) is 3.30. The number of hydrogen-bond acceptors (Lipinski definition) is 8. The molecule has 6 atom stereocenters. The summed E-state index contributed by atoms with van der Waals surface area (Å²) < 4.78 is 18.8. The zero-order valence-electron chi connectivity index (χ0n) is 8.91. The summed E-state index contributed by atoms with van der Waals surface area (Å²) in [6.45, 7) is -0.792. The van der Waals surface area contributed by atoms with Crippen molar-refractivity contribution in [2.24, 2.45) is 0 Å². The molecule has 0 aromatic rings. The molecule has 96 valence electrons. The first-order chi connectivity index (χ1) is 7.22. The first-order valence-corrected chi connectivity index (χ1v) is 5.78. The van der Waals surface area contributed by atoms with E-state index in [1.54, 1.807) is 0 Å². The largest absolute Gasteiger partial charge is 1.00 e. The second-order valence-corrected chi connectivity index (χ2v) is 4.50. The van der Waals surface area contributed by atoms with Crippen molar-refractivity contribution in [1.29, 1.82) is 0 Å². The van der Waals surface area contributed by atoms with E-state index < -0.39 is 45.1 Å². The van der Waals surface area contributed by atoms with Crippen LogP contribution in [0.1, 0.15) is 0 Å². The molecule has 5 N–H and O–H groups in total. The quantitative estimate of drug-likeness (QED) is 0.250. The predicted molar refractivity (Wildman–Crippen MR) is 44.7 cm³/mol. The molecule has 0 saturated carbocycles. The maximum atomic E-state index is 10.3. The van der Waals surface area contributed by atoms with Gasteiger partial charge in [-0.1, -0.05) is 0 Å². The van der Waals surface area contributed by atoms with Gasteiger partial charge in [0.1, 0.15) is 24.4 Å². The Balaban J connectivity index is 0.00000256. The molecule has 0 aliphatic carbocycles. The van der Waals surface area contributed by atoms with Crippen LogP contribution in [0.4, 0.5) is 0 Å². The van der Waals surface area contributed by atoms with Crippen LogP contribution in [0.25, 0.3) is 0 Å². The summed E-state index contributed by atoms with van der Waals surface area (Å²) in [5.41, 5.74) is 0. The van der Waals surface area contributed by atoms with E-state index in [1.165, 1.54) is 0 Å². The average molecular weight is 282 g/mol. The zero-order chi connectivity index (χ0) is 12.5. The molecular weight excluding hydrogens is 270 g/mol. The molecule has 0 radical (unpaired) electrons. The van der Waals surface area contributed by atoms with Gasteiger partial charge < -0.3 is 39.5 Å². The standard InChI is InChI=1S/C6H13O9P.Na/c7-3-2(1-14-16(11,12)13)15-6(10)5(9)4(3)8;/h2-10H,1H2,(H2,11,12,13);/q;+1/p-1/t2?,3-,4+,5-,6+;/m0./s1. The van der Waals surface area contributed by atoms with Crippen molar-refractivity contribution in [2.45, 2.75) is 30.7 Å². The Hall–Kier alpha value is 0.910. The van der Waals surface area contributed by atoms with Gasteiger partial charge in [0.05, 0.1) is 6.61 Å². The van der Waals surface area contributed by atoms with Crippen molar-refractivity contribution >= 4 is 7.82 Å². The minimum Gasteiger partial charge on any atom is -0.756 e. The number of ether oxygens (including phenoxy) is 1. The van der Waals surface area contributed by atoms with Crippen LogP contribution in [0.5, 0.6) is 0 Å². The third kappa shape index (κ3) is 5.19. The van der Waals surface area contributed by atoms with Crippen LogP contribution in [0.15, 0.2) is 0 Å². The van der Waals surface area contributed by atoms with Gasteiger partial charge in [-0.2, -0.15) is 0 Å². The number of rotatable bonds is 3. The molecule has 0 bridgehead atoms. The monoisotopic (exact) mass is 282 g/mol. The molecule has 0 spiro atoms. The third-order valence-corrected chi connectivity index (χ3v) is 2.56. The topological polar surface area (TPSA) is 160 Å². The van der Waals surface area contributed by atoms with Crippen molar-refractivity contribution < 1.29 is 73.6 Å². The molecule has 11 heteroatoms. The van der Waals surface area contributed by atoms with E-state index in [0.717, 1.165) is 0 Å². The fourth-order valence-corrected chi connectivity index (χ4v) is 1.57. The van der Waals surface area contributed by atoms with E-state index in [0.29, 0.717) is 0 Å². The van der Waals surface area contributed by atoms with Gasteiger partial charge in [-0.15, -0.1) is 0 Å². The summed E-state index contributed by atoms with van der Waals surface area (Å²) in [5.74, 6) is 0. The molecule has 1 saturated heterocycles. The van der Waals surface area contributed by atoms with Crippen molar-refractivity contribution in [3.8, 4) is 0 Å². The van der Waals surface area contributed by atoms with Gasteiger partial charge in [0.25, 0.3) is 7.82 Å². The van der Waals surface area contributed by atoms with Crippen molar-refractivity contribution in [1.82, 2.24) is 0 Å². The van der Waals surface area contributed by atoms with Crippen LogP contribution in [0.3, 0.4) is 0 Å². The Morgan fingerprint density at radius 3 is 2.18 bits per heavy atom. The Morgan fingerprint density at radius 2 is 1.71 bits per heavy atom. The normalized spacial score (nSPS) is 41.4. The number of phosphoric acid groups is 1. The van der Waals surface area contributed by atoms with Crippen LogP contribution in [0.2, 0.25) is 0 Å². The van der Waals surface area contributed by atoms with E-state index in [-0.39, 0.29) is 29.6 Å². The maximum Gasteiger partial charge on any atom is 1.00 e. The molecule has 1 fully saturated rings. The Kier molecular flexibility index (Phi) is 7.27. The minimum atomic E-state index is -4.98. The average Bonchev–Trinajstić information content (AvgIpc) is 2.17. The van der Waals surface area contributed by atoms with Gasteiger partial charge in [-0.3, -0.25) is 4.57 Å². The molecule has 17 heavy (non-hydrogen) atoms. The van der Waals surface area contributed by atoms with Crippen LogP contribution in [0, 0.1) is 0 Å². The fourth-order valence-electron chi connectivity index (χ4n) is 1.24. The van der Waals surface area contributed by atoms with Crippen molar-refractivity contribution in [3.05, 3.63) is 0 Å². The molecular formula is C6H12NaO9P. The number of aliphatic hydroxyl groups excluding tert-OH is 4. The van der Waals surface area contributed by atoms with E-state index in [4.69, 9.17) is 15.1 Å². The summed E-state index contributed by atoms with van der Waals surface area (Å²) in [6, 6.07) is 0. The minimum absolute atomic E-state index is 0. The van der Waals surface area contributed by atoms with Gasteiger partial charge in [-0.05, 0) is 0 Å². The van der Waals surface area contributed by atoms with E-state index in [9.17, 15) is 19.7 Å². The molecule has 1 aliphatic heterocycles. The van der Waals surface area contributed by atoms with E-state index in [2.05, 4.69) is 9.26 Å². The van der Waals surface area contributed by atoms with Gasteiger partial charge >= 0.3 is 29.6 Å². The first-order valence-electron chi connectivity index (χ1n) is 4.28. The van der Waals surface area contributed by atoms with E-state index >= 15 is 0 Å². The molecule has 0 aromatic heterocycles. The molecule has 1 aliphatic rings.